The first-order valence-corrected chi connectivity index (χ1v) is 9.76. The molecule has 0 fully saturated rings. The molecule has 2 heterocycles. The molecular formula is C23H21N5O3. The van der Waals surface area contributed by atoms with Crippen LogP contribution in [0.25, 0.3) is 11.2 Å². The Hall–Kier alpha value is -4.07. The Labute approximate surface area is 177 Å². The van der Waals surface area contributed by atoms with Gasteiger partial charge in [-0.05, 0) is 30.5 Å². The van der Waals surface area contributed by atoms with Crippen molar-refractivity contribution in [2.75, 3.05) is 0 Å². The van der Waals surface area contributed by atoms with Crippen LogP contribution < -0.4 is 16.8 Å². The highest BCUT2D eigenvalue weighted by Gasteiger charge is 2.15. The number of H-pyrrole nitrogens is 2. The lowest BCUT2D eigenvalue weighted by Gasteiger charge is -2.11. The topological polar surface area (TPSA) is 113 Å². The summed E-state index contributed by atoms with van der Waals surface area (Å²) < 4.78 is 1.15. The smallest absolute Gasteiger partial charge is 0.305 e. The summed E-state index contributed by atoms with van der Waals surface area (Å²) in [5.41, 5.74) is 2.83. The van der Waals surface area contributed by atoms with E-state index in [1.807, 2.05) is 62.4 Å². The van der Waals surface area contributed by atoms with Crippen molar-refractivity contribution in [1.82, 2.24) is 19.5 Å². The highest BCUT2D eigenvalue weighted by molar-refractivity contribution is 6.03. The minimum atomic E-state index is -0.649. The minimum Gasteiger partial charge on any atom is -0.305 e. The highest BCUT2D eigenvalue weighted by Crippen LogP contribution is 2.24. The quantitative estimate of drug-likeness (QED) is 0.498. The number of rotatable bonds is 4. The van der Waals surface area contributed by atoms with Crippen LogP contribution >= 0.6 is 0 Å². The molecule has 0 saturated heterocycles. The molecule has 0 aliphatic rings. The van der Waals surface area contributed by atoms with Crippen molar-refractivity contribution in [3.8, 4) is 0 Å². The van der Waals surface area contributed by atoms with E-state index in [2.05, 4.69) is 15.0 Å². The second kappa shape index (κ2) is 7.98. The predicted molar refractivity (Wildman–Crippen MR) is 120 cm³/mol. The van der Waals surface area contributed by atoms with E-state index in [9.17, 15) is 14.4 Å². The van der Waals surface area contributed by atoms with Crippen molar-refractivity contribution < 1.29 is 0 Å². The Morgan fingerprint density at radius 1 is 0.935 bits per heavy atom. The van der Waals surface area contributed by atoms with Gasteiger partial charge in [-0.3, -0.25) is 24.1 Å². The largest absolute Gasteiger partial charge is 0.329 e. The third-order valence-corrected chi connectivity index (χ3v) is 5.17. The van der Waals surface area contributed by atoms with Gasteiger partial charge in [-0.25, -0.2) is 9.78 Å². The fraction of sp³-hybridized carbons (Fsp3) is 0.174. The third kappa shape index (κ3) is 3.87. The molecule has 31 heavy (non-hydrogen) atoms. The number of aromatic amines is 2. The molecule has 0 bridgehead atoms. The van der Waals surface area contributed by atoms with Gasteiger partial charge >= 0.3 is 5.69 Å². The number of nitrogens with zero attached hydrogens (tertiary/aromatic N) is 3. The van der Waals surface area contributed by atoms with Gasteiger partial charge in [0.2, 0.25) is 0 Å². The Kier molecular flexibility index (Phi) is 5.21. The van der Waals surface area contributed by atoms with Gasteiger partial charge in [-0.15, -0.1) is 0 Å². The van der Waals surface area contributed by atoms with Crippen LogP contribution in [0.2, 0.25) is 0 Å². The molecule has 0 aliphatic heterocycles. The van der Waals surface area contributed by atoms with Gasteiger partial charge in [0.15, 0.2) is 5.52 Å². The first-order chi connectivity index (χ1) is 14.8. The zero-order valence-electron chi connectivity index (χ0n) is 17.4. The monoisotopic (exact) mass is 415 g/mol. The number of aryl methyl sites for hydroxylation is 3. The lowest BCUT2D eigenvalue weighted by molar-refractivity contribution is 0.817. The summed E-state index contributed by atoms with van der Waals surface area (Å²) in [7, 11) is 1.45. The normalized spacial score (nSPS) is 11.8. The van der Waals surface area contributed by atoms with Gasteiger partial charge < -0.3 is 4.98 Å². The molecule has 0 saturated carbocycles. The Morgan fingerprint density at radius 3 is 2.29 bits per heavy atom. The van der Waals surface area contributed by atoms with Crippen LogP contribution in [0.1, 0.15) is 22.4 Å². The lowest BCUT2D eigenvalue weighted by atomic mass is 10.0. The summed E-state index contributed by atoms with van der Waals surface area (Å²) in [6.07, 6.45) is 0.116. The van der Waals surface area contributed by atoms with E-state index in [-0.39, 0.29) is 23.3 Å². The molecule has 156 valence electrons. The van der Waals surface area contributed by atoms with Crippen LogP contribution in [-0.4, -0.2) is 25.2 Å². The summed E-state index contributed by atoms with van der Waals surface area (Å²) in [5.74, 6) is 0. The maximum absolute atomic E-state index is 12.8. The van der Waals surface area contributed by atoms with Crippen molar-refractivity contribution in [2.24, 2.45) is 12.0 Å². The van der Waals surface area contributed by atoms with Crippen molar-refractivity contribution >= 4 is 22.6 Å². The van der Waals surface area contributed by atoms with Crippen molar-refractivity contribution in [3.63, 3.8) is 0 Å². The summed E-state index contributed by atoms with van der Waals surface area (Å²) in [6, 6.07) is 15.5. The van der Waals surface area contributed by atoms with Crippen LogP contribution in [0, 0.1) is 13.8 Å². The molecule has 0 amide bonds. The van der Waals surface area contributed by atoms with E-state index >= 15 is 0 Å². The van der Waals surface area contributed by atoms with E-state index in [1.165, 1.54) is 7.05 Å². The van der Waals surface area contributed by atoms with Gasteiger partial charge in [0.1, 0.15) is 11.3 Å². The first kappa shape index (κ1) is 20.2. The van der Waals surface area contributed by atoms with E-state index in [1.54, 1.807) is 0 Å². The molecule has 0 atom stereocenters. The average Bonchev–Trinajstić information content (AvgIpc) is 2.75. The molecule has 2 aromatic heterocycles. The SMILES string of the molecule is Cc1cccc(C)c1N=C(Cc1nc2c(=O)[nH]c(=O)n(C)c2[nH]c1=O)c1ccccc1. The maximum Gasteiger partial charge on any atom is 0.329 e. The average molecular weight is 415 g/mol. The maximum atomic E-state index is 12.8. The van der Waals surface area contributed by atoms with Crippen molar-refractivity contribution in [3.05, 3.63) is 102 Å². The number of aliphatic imine (C=N–C) groups is 1. The van der Waals surface area contributed by atoms with E-state index in [4.69, 9.17) is 4.99 Å². The summed E-state index contributed by atoms with van der Waals surface area (Å²) in [5, 5.41) is 0. The number of hydrogen-bond acceptors (Lipinski definition) is 5. The summed E-state index contributed by atoms with van der Waals surface area (Å²) in [4.78, 5) is 50.9. The van der Waals surface area contributed by atoms with Gasteiger partial charge in [0.25, 0.3) is 11.1 Å². The molecule has 8 nitrogen and oxygen atoms in total. The summed E-state index contributed by atoms with van der Waals surface area (Å²) >= 11 is 0. The molecule has 2 N–H and O–H groups in total. The van der Waals surface area contributed by atoms with E-state index in [0.717, 1.165) is 26.9 Å². The number of fused-ring (bicyclic) bond motifs is 1. The molecule has 4 aromatic rings. The fourth-order valence-electron chi connectivity index (χ4n) is 3.45. The zero-order chi connectivity index (χ0) is 22.1. The molecule has 0 spiro atoms. The second-order valence-corrected chi connectivity index (χ2v) is 7.37. The summed E-state index contributed by atoms with van der Waals surface area (Å²) in [6.45, 7) is 3.96. The third-order valence-electron chi connectivity index (χ3n) is 5.17. The number of benzene rings is 2. The second-order valence-electron chi connectivity index (χ2n) is 7.37. The number of aromatic nitrogens is 4. The Bertz CT molecular complexity index is 1470. The van der Waals surface area contributed by atoms with Crippen LogP contribution in [0.3, 0.4) is 0 Å². The number of nitrogens with one attached hydrogen (secondary N) is 2. The molecule has 4 rings (SSSR count). The first-order valence-electron chi connectivity index (χ1n) is 9.76. The highest BCUT2D eigenvalue weighted by atomic mass is 16.2. The van der Waals surface area contributed by atoms with Crippen LogP contribution in [-0.2, 0) is 13.5 Å². The number of hydrogen-bond donors (Lipinski definition) is 2. The van der Waals surface area contributed by atoms with E-state index < -0.39 is 16.8 Å². The van der Waals surface area contributed by atoms with Gasteiger partial charge in [-0.2, -0.15) is 0 Å². The van der Waals surface area contributed by atoms with Gasteiger partial charge in [-0.1, -0.05) is 48.5 Å². The minimum absolute atomic E-state index is 0.00353. The molecule has 0 unspecified atom stereocenters. The molecular weight excluding hydrogens is 394 g/mol. The van der Waals surface area contributed by atoms with Crippen LogP contribution in [0.5, 0.6) is 0 Å². The van der Waals surface area contributed by atoms with Crippen molar-refractivity contribution in [1.29, 1.82) is 0 Å². The van der Waals surface area contributed by atoms with Gasteiger partial charge in [0, 0.05) is 13.5 Å². The number of para-hydroxylation sites is 1. The zero-order valence-corrected chi connectivity index (χ0v) is 17.4. The molecule has 0 radical (unpaired) electrons. The lowest BCUT2D eigenvalue weighted by Crippen LogP contribution is -2.32. The van der Waals surface area contributed by atoms with Gasteiger partial charge in [0.05, 0.1) is 11.4 Å². The molecule has 2 aromatic carbocycles. The van der Waals surface area contributed by atoms with E-state index in [0.29, 0.717) is 5.71 Å². The Morgan fingerprint density at radius 2 is 1.61 bits per heavy atom. The standard InChI is InChI=1S/C23H21N5O3/c1-13-8-7-9-14(2)18(13)24-16(15-10-5-4-6-11-15)12-17-21(29)26-20-19(25-17)22(30)27-23(31)28(20)3/h4-11H,12H2,1-3H3,(H,26,29)(H,27,30,31). The van der Waals surface area contributed by atoms with Crippen molar-refractivity contribution in [2.45, 2.75) is 20.3 Å². The van der Waals surface area contributed by atoms with Crippen LogP contribution in [0.4, 0.5) is 5.69 Å². The Balaban J connectivity index is 1.91. The molecule has 0 aliphatic carbocycles. The van der Waals surface area contributed by atoms with Crippen LogP contribution in [0.15, 0.2) is 67.9 Å². The predicted octanol–water partition coefficient (Wildman–Crippen LogP) is 2.29. The molecule has 8 heteroatoms. The fourth-order valence-corrected chi connectivity index (χ4v) is 3.45.